The van der Waals surface area contributed by atoms with Crippen molar-refractivity contribution >= 4 is 34.0 Å². The van der Waals surface area contributed by atoms with Crippen LogP contribution in [-0.4, -0.2) is 30.8 Å². The van der Waals surface area contributed by atoms with Crippen molar-refractivity contribution < 1.29 is 5.11 Å². The number of piperazine rings is 1. The van der Waals surface area contributed by atoms with Gasteiger partial charge in [0.1, 0.15) is 5.75 Å². The van der Waals surface area contributed by atoms with E-state index < -0.39 is 0 Å². The summed E-state index contributed by atoms with van der Waals surface area (Å²) in [7, 11) is 0. The molecule has 1 fully saturated rings. The molecule has 0 spiro atoms. The quantitative estimate of drug-likeness (QED) is 0.686. The maximum absolute atomic E-state index is 9.56. The van der Waals surface area contributed by atoms with Gasteiger partial charge in [-0.05, 0) is 42.5 Å². The number of hydrogen-bond acceptors (Lipinski definition) is 3. The Morgan fingerprint density at radius 1 is 1.16 bits per heavy atom. The summed E-state index contributed by atoms with van der Waals surface area (Å²) in [6.45, 7) is 3.20. The Morgan fingerprint density at radius 2 is 2.00 bits per heavy atom. The maximum atomic E-state index is 9.56. The number of phenols is 1. The van der Waals surface area contributed by atoms with E-state index in [1.807, 2.05) is 12.1 Å². The summed E-state index contributed by atoms with van der Waals surface area (Å²) in [6, 6.07) is 6.43. The van der Waals surface area contributed by atoms with Gasteiger partial charge in [-0.2, -0.15) is 0 Å². The molecule has 3 N–H and O–H groups in total. The van der Waals surface area contributed by atoms with Gasteiger partial charge in [0.05, 0.1) is 0 Å². The number of hydrogen-bond donors (Lipinski definition) is 3. The Kier molecular flexibility index (Phi) is 6.80. The van der Waals surface area contributed by atoms with Crippen LogP contribution >= 0.6 is 34.0 Å². The van der Waals surface area contributed by atoms with Crippen LogP contribution in [0.1, 0.15) is 29.9 Å². The number of fused-ring (bicyclic) bond motifs is 1. The SMILES string of the molecule is Br.Br.Oc1ccc2c(c1)CCCC2C1CNCCN1. The zero-order chi connectivity index (χ0) is 11.7. The highest BCUT2D eigenvalue weighted by molar-refractivity contribution is 8.93. The lowest BCUT2D eigenvalue weighted by molar-refractivity contribution is 0.341. The van der Waals surface area contributed by atoms with E-state index in [1.54, 1.807) is 0 Å². The molecular weight excluding hydrogens is 372 g/mol. The lowest BCUT2D eigenvalue weighted by Crippen LogP contribution is -2.51. The summed E-state index contributed by atoms with van der Waals surface area (Å²) < 4.78 is 0. The number of phenolic OH excluding ortho intramolecular Hbond substituents is 1. The van der Waals surface area contributed by atoms with Gasteiger partial charge in [-0.1, -0.05) is 6.07 Å². The lowest BCUT2D eigenvalue weighted by Gasteiger charge is -2.35. The van der Waals surface area contributed by atoms with Gasteiger partial charge in [0.25, 0.3) is 0 Å². The van der Waals surface area contributed by atoms with Crippen LogP contribution in [0.4, 0.5) is 0 Å². The zero-order valence-corrected chi connectivity index (χ0v) is 14.3. The summed E-state index contributed by atoms with van der Waals surface area (Å²) in [5.41, 5.74) is 2.78. The predicted molar refractivity (Wildman–Crippen MR) is 89.1 cm³/mol. The molecule has 2 aliphatic rings. The van der Waals surface area contributed by atoms with Crippen LogP contribution in [0.2, 0.25) is 0 Å². The van der Waals surface area contributed by atoms with Crippen molar-refractivity contribution in [3.05, 3.63) is 29.3 Å². The fraction of sp³-hybridized carbons (Fsp3) is 0.571. The third kappa shape index (κ3) is 3.72. The minimum atomic E-state index is 0. The Morgan fingerprint density at radius 3 is 2.74 bits per heavy atom. The molecule has 1 aliphatic heterocycles. The molecule has 3 nitrogen and oxygen atoms in total. The topological polar surface area (TPSA) is 44.3 Å². The number of aromatic hydroxyl groups is 1. The third-order valence-electron chi connectivity index (χ3n) is 4.05. The first-order valence-electron chi connectivity index (χ1n) is 6.60. The van der Waals surface area contributed by atoms with E-state index in [-0.39, 0.29) is 34.0 Å². The smallest absolute Gasteiger partial charge is 0.115 e. The molecule has 0 aromatic heterocycles. The zero-order valence-electron chi connectivity index (χ0n) is 10.9. The summed E-state index contributed by atoms with van der Waals surface area (Å²) >= 11 is 0. The molecule has 1 aliphatic carbocycles. The summed E-state index contributed by atoms with van der Waals surface area (Å²) in [6.07, 6.45) is 3.61. The van der Waals surface area contributed by atoms with E-state index >= 15 is 0 Å². The molecule has 5 heteroatoms. The standard InChI is InChI=1S/C14H20N2O.2BrH/c17-11-4-5-12-10(8-11)2-1-3-13(12)14-9-15-6-7-16-14;;/h4-5,8,13-17H,1-3,6-7,9H2;2*1H. The van der Waals surface area contributed by atoms with Crippen LogP contribution < -0.4 is 10.6 Å². The van der Waals surface area contributed by atoms with Gasteiger partial charge in [-0.15, -0.1) is 34.0 Å². The minimum Gasteiger partial charge on any atom is -0.508 e. The molecule has 0 amide bonds. The molecule has 0 saturated carbocycles. The van der Waals surface area contributed by atoms with Crippen LogP contribution in [0.5, 0.6) is 5.75 Å². The normalized spacial score (nSPS) is 25.7. The van der Waals surface area contributed by atoms with E-state index in [2.05, 4.69) is 16.7 Å². The van der Waals surface area contributed by atoms with Gasteiger partial charge in [0.15, 0.2) is 0 Å². The number of nitrogens with one attached hydrogen (secondary N) is 2. The Bertz CT molecular complexity index is 408. The van der Waals surface area contributed by atoms with Gasteiger partial charge < -0.3 is 15.7 Å². The second kappa shape index (κ2) is 7.62. The predicted octanol–water partition coefficient (Wildman–Crippen LogP) is 2.53. The fourth-order valence-electron chi connectivity index (χ4n) is 3.22. The van der Waals surface area contributed by atoms with Gasteiger partial charge in [-0.3, -0.25) is 0 Å². The third-order valence-corrected chi connectivity index (χ3v) is 4.05. The van der Waals surface area contributed by atoms with Gasteiger partial charge in [-0.25, -0.2) is 0 Å². The number of rotatable bonds is 1. The molecule has 1 aromatic carbocycles. The van der Waals surface area contributed by atoms with Crippen molar-refractivity contribution in [2.75, 3.05) is 19.6 Å². The second-order valence-corrected chi connectivity index (χ2v) is 5.15. The first-order valence-corrected chi connectivity index (χ1v) is 6.60. The van der Waals surface area contributed by atoms with Crippen LogP contribution in [0.3, 0.4) is 0 Å². The van der Waals surface area contributed by atoms with E-state index in [4.69, 9.17) is 0 Å². The van der Waals surface area contributed by atoms with Crippen molar-refractivity contribution in [2.45, 2.75) is 31.2 Å². The summed E-state index contributed by atoms with van der Waals surface area (Å²) in [5, 5.41) is 16.6. The summed E-state index contributed by atoms with van der Waals surface area (Å²) in [5.74, 6) is 1.01. The second-order valence-electron chi connectivity index (χ2n) is 5.15. The van der Waals surface area contributed by atoms with Crippen molar-refractivity contribution in [1.29, 1.82) is 0 Å². The van der Waals surface area contributed by atoms with Crippen LogP contribution in [0.25, 0.3) is 0 Å². The molecule has 2 atom stereocenters. The number of benzene rings is 1. The molecule has 108 valence electrons. The molecule has 1 heterocycles. The molecule has 1 aromatic rings. The molecule has 19 heavy (non-hydrogen) atoms. The lowest BCUT2D eigenvalue weighted by atomic mass is 9.78. The van der Waals surface area contributed by atoms with Crippen LogP contribution in [0, 0.1) is 0 Å². The van der Waals surface area contributed by atoms with Crippen molar-refractivity contribution in [2.24, 2.45) is 0 Å². The molecule has 2 unspecified atom stereocenters. The van der Waals surface area contributed by atoms with Crippen LogP contribution in [-0.2, 0) is 6.42 Å². The Balaban J connectivity index is 0.000000902. The largest absolute Gasteiger partial charge is 0.508 e. The highest BCUT2D eigenvalue weighted by Gasteiger charge is 2.28. The van der Waals surface area contributed by atoms with Crippen molar-refractivity contribution in [3.8, 4) is 5.75 Å². The first-order chi connectivity index (χ1) is 8.34. The summed E-state index contributed by atoms with van der Waals surface area (Å²) in [4.78, 5) is 0. The molecule has 1 saturated heterocycles. The van der Waals surface area contributed by atoms with E-state index in [9.17, 15) is 5.11 Å². The van der Waals surface area contributed by atoms with Crippen LogP contribution in [0.15, 0.2) is 18.2 Å². The average Bonchev–Trinajstić information content (AvgIpc) is 2.39. The monoisotopic (exact) mass is 392 g/mol. The van der Waals surface area contributed by atoms with E-state index in [0.29, 0.717) is 17.7 Å². The van der Waals surface area contributed by atoms with Crippen molar-refractivity contribution in [3.63, 3.8) is 0 Å². The first kappa shape index (κ1) is 17.0. The highest BCUT2D eigenvalue weighted by Crippen LogP contribution is 2.35. The molecular formula is C14H22Br2N2O. The molecule has 3 rings (SSSR count). The molecule has 0 bridgehead atoms. The van der Waals surface area contributed by atoms with Gasteiger partial charge >= 0.3 is 0 Å². The average molecular weight is 394 g/mol. The number of aryl methyl sites for hydroxylation is 1. The Labute approximate surface area is 135 Å². The van der Waals surface area contributed by atoms with E-state index in [0.717, 1.165) is 26.1 Å². The van der Waals surface area contributed by atoms with E-state index in [1.165, 1.54) is 24.0 Å². The maximum Gasteiger partial charge on any atom is 0.115 e. The Hall–Kier alpha value is -0.100. The van der Waals surface area contributed by atoms with Gasteiger partial charge in [0, 0.05) is 31.6 Å². The fourth-order valence-corrected chi connectivity index (χ4v) is 3.22. The minimum absolute atomic E-state index is 0. The molecule has 0 radical (unpaired) electrons. The van der Waals surface area contributed by atoms with Gasteiger partial charge in [0.2, 0.25) is 0 Å². The highest BCUT2D eigenvalue weighted by atomic mass is 79.9. The van der Waals surface area contributed by atoms with Crippen molar-refractivity contribution in [1.82, 2.24) is 10.6 Å². The number of halogens is 2.